The molecule has 1 aromatic rings. The van der Waals surface area contributed by atoms with Gasteiger partial charge >= 0.3 is 0 Å². The first-order chi connectivity index (χ1) is 9.56. The van der Waals surface area contributed by atoms with Crippen LogP contribution in [-0.2, 0) is 11.2 Å². The Morgan fingerprint density at radius 3 is 2.40 bits per heavy atom. The van der Waals surface area contributed by atoms with Crippen molar-refractivity contribution in [2.24, 2.45) is 5.92 Å². The van der Waals surface area contributed by atoms with E-state index in [4.69, 9.17) is 0 Å². The summed E-state index contributed by atoms with van der Waals surface area (Å²) >= 11 is 4.28. The maximum atomic E-state index is 12.6. The van der Waals surface area contributed by atoms with Crippen molar-refractivity contribution in [1.29, 1.82) is 0 Å². The van der Waals surface area contributed by atoms with Gasteiger partial charge in [-0.15, -0.1) is 12.6 Å². The molecule has 0 atom stereocenters. The van der Waals surface area contributed by atoms with E-state index in [9.17, 15) is 4.79 Å². The summed E-state index contributed by atoms with van der Waals surface area (Å²) < 4.78 is 0. The minimum absolute atomic E-state index is 0.275. The van der Waals surface area contributed by atoms with Crippen molar-refractivity contribution < 1.29 is 4.79 Å². The molecule has 1 aromatic carbocycles. The SMILES string of the molecule is CC(C)CN(C(=O)Cc1ccc(S)cc1)C1CCCC1. The number of nitrogens with zero attached hydrogens (tertiary/aromatic N) is 1. The summed E-state index contributed by atoms with van der Waals surface area (Å²) in [5, 5.41) is 0. The van der Waals surface area contributed by atoms with Crippen molar-refractivity contribution in [2.45, 2.75) is 56.9 Å². The maximum Gasteiger partial charge on any atom is 0.227 e. The fourth-order valence-corrected chi connectivity index (χ4v) is 3.10. The molecule has 0 N–H and O–H groups in total. The lowest BCUT2D eigenvalue weighted by atomic mass is 10.1. The van der Waals surface area contributed by atoms with Gasteiger partial charge < -0.3 is 4.90 Å². The summed E-state index contributed by atoms with van der Waals surface area (Å²) in [6, 6.07) is 8.38. The van der Waals surface area contributed by atoms with Crippen LogP contribution in [0.3, 0.4) is 0 Å². The fraction of sp³-hybridized carbons (Fsp3) is 0.588. The lowest BCUT2D eigenvalue weighted by molar-refractivity contribution is -0.133. The van der Waals surface area contributed by atoms with Gasteiger partial charge in [-0.25, -0.2) is 0 Å². The van der Waals surface area contributed by atoms with Gasteiger partial charge in [0, 0.05) is 17.5 Å². The third kappa shape index (κ3) is 4.27. The van der Waals surface area contributed by atoms with E-state index in [0.29, 0.717) is 18.4 Å². The number of hydrogen-bond acceptors (Lipinski definition) is 2. The van der Waals surface area contributed by atoms with Crippen LogP contribution >= 0.6 is 12.6 Å². The monoisotopic (exact) mass is 291 g/mol. The van der Waals surface area contributed by atoms with Crippen LogP contribution in [-0.4, -0.2) is 23.4 Å². The molecule has 3 heteroatoms. The Morgan fingerprint density at radius 2 is 1.85 bits per heavy atom. The van der Waals surface area contributed by atoms with E-state index < -0.39 is 0 Å². The van der Waals surface area contributed by atoms with E-state index in [1.807, 2.05) is 24.3 Å². The zero-order valence-electron chi connectivity index (χ0n) is 12.5. The highest BCUT2D eigenvalue weighted by Gasteiger charge is 2.26. The minimum atomic E-state index is 0.275. The second-order valence-electron chi connectivity index (χ2n) is 6.22. The topological polar surface area (TPSA) is 20.3 Å². The molecule has 2 rings (SSSR count). The molecule has 110 valence electrons. The quantitative estimate of drug-likeness (QED) is 0.815. The molecule has 0 saturated heterocycles. The number of carbonyl (C=O) groups excluding carboxylic acids is 1. The minimum Gasteiger partial charge on any atom is -0.339 e. The van der Waals surface area contributed by atoms with E-state index >= 15 is 0 Å². The van der Waals surface area contributed by atoms with Crippen LogP contribution in [0.15, 0.2) is 29.2 Å². The van der Waals surface area contributed by atoms with E-state index in [2.05, 4.69) is 31.4 Å². The molecular weight excluding hydrogens is 266 g/mol. The average Bonchev–Trinajstić information content (AvgIpc) is 2.92. The first kappa shape index (κ1) is 15.4. The van der Waals surface area contributed by atoms with Crippen molar-refractivity contribution >= 4 is 18.5 Å². The molecule has 2 nitrogen and oxygen atoms in total. The lowest BCUT2D eigenvalue weighted by Gasteiger charge is -2.30. The summed E-state index contributed by atoms with van der Waals surface area (Å²) in [6.07, 6.45) is 5.39. The average molecular weight is 291 g/mol. The van der Waals surface area contributed by atoms with Crippen LogP contribution in [0, 0.1) is 5.92 Å². The Labute approximate surface area is 128 Å². The van der Waals surface area contributed by atoms with Crippen molar-refractivity contribution in [3.8, 4) is 0 Å². The third-order valence-electron chi connectivity index (χ3n) is 3.94. The van der Waals surface area contributed by atoms with E-state index in [0.717, 1.165) is 17.0 Å². The first-order valence-electron chi connectivity index (χ1n) is 7.63. The van der Waals surface area contributed by atoms with Crippen molar-refractivity contribution in [1.82, 2.24) is 4.90 Å². The molecule has 20 heavy (non-hydrogen) atoms. The fourth-order valence-electron chi connectivity index (χ4n) is 2.95. The van der Waals surface area contributed by atoms with Crippen molar-refractivity contribution in [3.05, 3.63) is 29.8 Å². The van der Waals surface area contributed by atoms with E-state index in [1.165, 1.54) is 25.7 Å². The number of benzene rings is 1. The molecule has 0 aromatic heterocycles. The summed E-state index contributed by atoms with van der Waals surface area (Å²) in [6.45, 7) is 5.25. The Bertz CT molecular complexity index is 435. The van der Waals surface area contributed by atoms with Gasteiger partial charge in [-0.1, -0.05) is 38.8 Å². The smallest absolute Gasteiger partial charge is 0.227 e. The van der Waals surface area contributed by atoms with E-state index in [-0.39, 0.29) is 5.91 Å². The van der Waals surface area contributed by atoms with Crippen LogP contribution in [0.5, 0.6) is 0 Å². The van der Waals surface area contributed by atoms with Gasteiger partial charge in [-0.2, -0.15) is 0 Å². The van der Waals surface area contributed by atoms with Gasteiger partial charge in [0.2, 0.25) is 5.91 Å². The third-order valence-corrected chi connectivity index (χ3v) is 4.24. The molecule has 0 aliphatic heterocycles. The van der Waals surface area contributed by atoms with Gasteiger partial charge in [0.15, 0.2) is 0 Å². The van der Waals surface area contributed by atoms with Gasteiger partial charge in [0.1, 0.15) is 0 Å². The number of thiol groups is 1. The highest BCUT2D eigenvalue weighted by atomic mass is 32.1. The van der Waals surface area contributed by atoms with Crippen LogP contribution in [0.25, 0.3) is 0 Å². The first-order valence-corrected chi connectivity index (χ1v) is 8.08. The normalized spacial score (nSPS) is 15.8. The molecule has 0 heterocycles. The Morgan fingerprint density at radius 1 is 1.25 bits per heavy atom. The summed E-state index contributed by atoms with van der Waals surface area (Å²) in [4.78, 5) is 15.7. The van der Waals surface area contributed by atoms with Crippen molar-refractivity contribution in [2.75, 3.05) is 6.54 Å². The largest absolute Gasteiger partial charge is 0.339 e. The maximum absolute atomic E-state index is 12.6. The number of carbonyl (C=O) groups is 1. The Hall–Kier alpha value is -0.960. The molecular formula is C17H25NOS. The van der Waals surface area contributed by atoms with Gasteiger partial charge in [-0.3, -0.25) is 4.79 Å². The summed E-state index contributed by atoms with van der Waals surface area (Å²) in [7, 11) is 0. The molecule has 1 aliphatic rings. The van der Waals surface area contributed by atoms with Crippen LogP contribution in [0.4, 0.5) is 0 Å². The molecule has 0 bridgehead atoms. The highest BCUT2D eigenvalue weighted by Crippen LogP contribution is 2.25. The molecule has 1 fully saturated rings. The van der Waals surface area contributed by atoms with Crippen LogP contribution in [0.2, 0.25) is 0 Å². The second-order valence-corrected chi connectivity index (χ2v) is 6.74. The Kier molecular flexibility index (Phi) is 5.53. The predicted octanol–water partition coefficient (Wildman–Crippen LogP) is 3.95. The molecule has 0 unspecified atom stereocenters. The second kappa shape index (κ2) is 7.16. The van der Waals surface area contributed by atoms with Crippen LogP contribution in [0.1, 0.15) is 45.1 Å². The number of hydrogen-bond donors (Lipinski definition) is 1. The van der Waals surface area contributed by atoms with E-state index in [1.54, 1.807) is 0 Å². The van der Waals surface area contributed by atoms with Crippen LogP contribution < -0.4 is 0 Å². The summed E-state index contributed by atoms with van der Waals surface area (Å²) in [5.41, 5.74) is 1.08. The van der Waals surface area contributed by atoms with Gasteiger partial charge in [-0.05, 0) is 36.5 Å². The molecule has 0 spiro atoms. The summed E-state index contributed by atoms with van der Waals surface area (Å²) in [5.74, 6) is 0.803. The number of rotatable bonds is 5. The number of amides is 1. The Balaban J connectivity index is 2.03. The lowest BCUT2D eigenvalue weighted by Crippen LogP contribution is -2.42. The molecule has 0 radical (unpaired) electrons. The van der Waals surface area contributed by atoms with Gasteiger partial charge in [0.25, 0.3) is 0 Å². The molecule has 1 aliphatic carbocycles. The van der Waals surface area contributed by atoms with Gasteiger partial charge in [0.05, 0.1) is 6.42 Å². The van der Waals surface area contributed by atoms with Crippen molar-refractivity contribution in [3.63, 3.8) is 0 Å². The highest BCUT2D eigenvalue weighted by molar-refractivity contribution is 7.80. The zero-order valence-corrected chi connectivity index (χ0v) is 13.4. The molecule has 1 amide bonds. The predicted molar refractivity (Wildman–Crippen MR) is 86.2 cm³/mol. The zero-order chi connectivity index (χ0) is 14.5. The standard InChI is InChI=1S/C17H25NOS/c1-13(2)12-18(15-5-3-4-6-15)17(19)11-14-7-9-16(20)10-8-14/h7-10,13,15,20H,3-6,11-12H2,1-2H3. The molecule has 1 saturated carbocycles.